The monoisotopic (exact) mass is 531 g/mol. The molecule has 0 spiro atoms. The molecule has 0 amide bonds. The number of anilines is 1. The first-order valence-corrected chi connectivity index (χ1v) is 11.3. The van der Waals surface area contributed by atoms with Gasteiger partial charge >= 0.3 is 0 Å². The van der Waals surface area contributed by atoms with Gasteiger partial charge in [-0.1, -0.05) is 18.2 Å². The van der Waals surface area contributed by atoms with Gasteiger partial charge in [-0.3, -0.25) is 0 Å². The number of rotatable bonds is 7. The molecular formula is C20H30IN5S2. The van der Waals surface area contributed by atoms with Gasteiger partial charge in [0.1, 0.15) is 0 Å². The summed E-state index contributed by atoms with van der Waals surface area (Å²) in [5, 5.41) is 6.59. The fraction of sp³-hybridized carbons (Fsp3) is 0.500. The van der Waals surface area contributed by atoms with Crippen LogP contribution >= 0.6 is 47.1 Å². The number of likely N-dealkylation sites (tertiary alicyclic amines) is 1. The third kappa shape index (κ3) is 6.81. The molecule has 154 valence electrons. The molecule has 0 bridgehead atoms. The normalized spacial score (nSPS) is 16.8. The summed E-state index contributed by atoms with van der Waals surface area (Å²) < 4.78 is 0. The Kier molecular flexibility index (Phi) is 9.87. The highest BCUT2D eigenvalue weighted by molar-refractivity contribution is 14.0. The van der Waals surface area contributed by atoms with Gasteiger partial charge in [0.05, 0.1) is 12.2 Å². The van der Waals surface area contributed by atoms with Crippen LogP contribution in [-0.4, -0.2) is 55.3 Å². The first-order valence-electron chi connectivity index (χ1n) is 9.48. The van der Waals surface area contributed by atoms with Crippen LogP contribution in [0.5, 0.6) is 0 Å². The van der Waals surface area contributed by atoms with E-state index < -0.39 is 0 Å². The lowest BCUT2D eigenvalue weighted by Crippen LogP contribution is -2.40. The average Bonchev–Trinajstić information content (AvgIpc) is 3.34. The van der Waals surface area contributed by atoms with Crippen molar-refractivity contribution in [3.63, 3.8) is 0 Å². The number of halogens is 1. The summed E-state index contributed by atoms with van der Waals surface area (Å²) in [6.45, 7) is 5.80. The van der Waals surface area contributed by atoms with Crippen LogP contribution in [0.25, 0.3) is 0 Å². The Bertz CT molecular complexity index is 735. The fourth-order valence-corrected chi connectivity index (χ4v) is 4.85. The van der Waals surface area contributed by atoms with Gasteiger partial charge in [-0.05, 0) is 31.4 Å². The van der Waals surface area contributed by atoms with Gasteiger partial charge < -0.3 is 15.1 Å². The van der Waals surface area contributed by atoms with Gasteiger partial charge in [-0.15, -0.1) is 47.1 Å². The molecule has 1 unspecified atom stereocenters. The smallest absolute Gasteiger partial charge is 0.194 e. The molecular weight excluding hydrogens is 501 g/mol. The summed E-state index contributed by atoms with van der Waals surface area (Å²) >= 11 is 3.63. The minimum absolute atomic E-state index is 0. The molecule has 28 heavy (non-hydrogen) atoms. The van der Waals surface area contributed by atoms with E-state index in [1.165, 1.54) is 11.3 Å². The highest BCUT2D eigenvalue weighted by atomic mass is 127. The maximum absolute atomic E-state index is 4.84. The number of hydrogen-bond donors (Lipinski definition) is 1. The number of aromatic nitrogens is 1. The summed E-state index contributed by atoms with van der Waals surface area (Å²) in [5.41, 5.74) is 1.04. The van der Waals surface area contributed by atoms with E-state index in [4.69, 9.17) is 4.99 Å². The van der Waals surface area contributed by atoms with Crippen molar-refractivity contribution in [1.29, 1.82) is 0 Å². The molecule has 0 saturated carbocycles. The van der Waals surface area contributed by atoms with E-state index in [0.29, 0.717) is 12.5 Å². The summed E-state index contributed by atoms with van der Waals surface area (Å²) in [7, 11) is 4.04. The Morgan fingerprint density at radius 1 is 1.36 bits per heavy atom. The largest absolute Gasteiger partial charge is 0.357 e. The van der Waals surface area contributed by atoms with Gasteiger partial charge in [0, 0.05) is 49.8 Å². The van der Waals surface area contributed by atoms with Crippen molar-refractivity contribution >= 4 is 58.2 Å². The second-order valence-electron chi connectivity index (χ2n) is 6.91. The number of hydrogen-bond acceptors (Lipinski definition) is 5. The summed E-state index contributed by atoms with van der Waals surface area (Å²) in [6.07, 6.45) is 1.23. The number of nitrogens with one attached hydrogen (secondary N) is 1. The first-order chi connectivity index (χ1) is 13.2. The second kappa shape index (κ2) is 11.9. The molecule has 0 radical (unpaired) electrons. The average molecular weight is 532 g/mol. The van der Waals surface area contributed by atoms with E-state index in [-0.39, 0.29) is 24.0 Å². The van der Waals surface area contributed by atoms with E-state index in [0.717, 1.165) is 42.2 Å². The number of thiazole rings is 1. The summed E-state index contributed by atoms with van der Waals surface area (Å²) in [4.78, 5) is 15.3. The topological polar surface area (TPSA) is 43.8 Å². The number of benzene rings is 1. The maximum atomic E-state index is 4.84. The predicted octanol–water partition coefficient (Wildman–Crippen LogP) is 4.41. The highest BCUT2D eigenvalue weighted by Crippen LogP contribution is 2.26. The Morgan fingerprint density at radius 3 is 2.82 bits per heavy atom. The van der Waals surface area contributed by atoms with Gasteiger partial charge in [0.25, 0.3) is 0 Å². The zero-order chi connectivity index (χ0) is 19.1. The summed E-state index contributed by atoms with van der Waals surface area (Å²) in [5.74, 6) is 2.89. The van der Waals surface area contributed by atoms with Crippen LogP contribution in [0.1, 0.15) is 19.0 Å². The third-order valence-electron chi connectivity index (χ3n) is 4.46. The van der Waals surface area contributed by atoms with Crippen molar-refractivity contribution in [1.82, 2.24) is 15.2 Å². The zero-order valence-corrected chi connectivity index (χ0v) is 20.8. The third-order valence-corrected chi connectivity index (χ3v) is 6.76. The predicted molar refractivity (Wildman–Crippen MR) is 134 cm³/mol. The molecule has 1 fully saturated rings. The highest BCUT2D eigenvalue weighted by Gasteiger charge is 2.25. The number of nitrogens with zero attached hydrogens (tertiary/aromatic N) is 4. The molecule has 3 rings (SSSR count). The molecule has 1 N–H and O–H groups in total. The standard InChI is InChI=1S/C20H29N5S2.HI/c1-4-21-19(22-12-17-15-27-20(23-17)24(2)3)25-11-10-16(13-25)14-26-18-8-6-5-7-9-18;/h5-9,15-16H,4,10-14H2,1-3H3,(H,21,22);1H. The van der Waals surface area contributed by atoms with Crippen LogP contribution in [0, 0.1) is 5.92 Å². The Labute approximate surface area is 194 Å². The van der Waals surface area contributed by atoms with Crippen LogP contribution in [0.4, 0.5) is 5.13 Å². The molecule has 1 saturated heterocycles. The van der Waals surface area contributed by atoms with Crippen LogP contribution in [0.2, 0.25) is 0 Å². The minimum atomic E-state index is 0. The molecule has 5 nitrogen and oxygen atoms in total. The fourth-order valence-electron chi connectivity index (χ4n) is 3.05. The van der Waals surface area contributed by atoms with Crippen molar-refractivity contribution in [2.75, 3.05) is 44.4 Å². The molecule has 1 aromatic carbocycles. The molecule has 0 aliphatic carbocycles. The van der Waals surface area contributed by atoms with Gasteiger partial charge in [-0.25, -0.2) is 9.98 Å². The molecule has 2 heterocycles. The molecule has 8 heteroatoms. The second-order valence-corrected chi connectivity index (χ2v) is 8.84. The van der Waals surface area contributed by atoms with Crippen LogP contribution in [-0.2, 0) is 6.54 Å². The van der Waals surface area contributed by atoms with Crippen LogP contribution < -0.4 is 10.2 Å². The number of aliphatic imine (C=N–C) groups is 1. The minimum Gasteiger partial charge on any atom is -0.357 e. The molecule has 1 atom stereocenters. The van der Waals surface area contributed by atoms with E-state index in [1.807, 2.05) is 30.8 Å². The molecule has 2 aromatic rings. The van der Waals surface area contributed by atoms with E-state index in [9.17, 15) is 0 Å². The van der Waals surface area contributed by atoms with E-state index in [2.05, 4.69) is 57.8 Å². The summed E-state index contributed by atoms with van der Waals surface area (Å²) in [6, 6.07) is 10.7. The Balaban J connectivity index is 0.00000280. The van der Waals surface area contributed by atoms with Crippen LogP contribution in [0.3, 0.4) is 0 Å². The Morgan fingerprint density at radius 2 is 2.14 bits per heavy atom. The SMILES string of the molecule is CCNC(=NCc1csc(N(C)C)n1)N1CCC(CSc2ccccc2)C1.I. The van der Waals surface area contributed by atoms with Gasteiger partial charge in [0.15, 0.2) is 11.1 Å². The lowest BCUT2D eigenvalue weighted by molar-refractivity contribution is 0.474. The molecule has 1 aliphatic rings. The van der Waals surface area contributed by atoms with Crippen molar-refractivity contribution in [3.8, 4) is 0 Å². The van der Waals surface area contributed by atoms with Gasteiger partial charge in [0.2, 0.25) is 0 Å². The van der Waals surface area contributed by atoms with Gasteiger partial charge in [-0.2, -0.15) is 0 Å². The lowest BCUT2D eigenvalue weighted by atomic mass is 10.2. The lowest BCUT2D eigenvalue weighted by Gasteiger charge is -2.21. The molecule has 1 aromatic heterocycles. The van der Waals surface area contributed by atoms with E-state index >= 15 is 0 Å². The quantitative estimate of drug-likeness (QED) is 0.248. The van der Waals surface area contributed by atoms with E-state index in [1.54, 1.807) is 11.3 Å². The number of guanidine groups is 1. The first kappa shape index (κ1) is 23.3. The number of thioether (sulfide) groups is 1. The zero-order valence-electron chi connectivity index (χ0n) is 16.8. The molecule has 1 aliphatic heterocycles. The van der Waals surface area contributed by atoms with Crippen molar-refractivity contribution in [2.24, 2.45) is 10.9 Å². The van der Waals surface area contributed by atoms with Crippen molar-refractivity contribution < 1.29 is 0 Å². The maximum Gasteiger partial charge on any atom is 0.194 e. The van der Waals surface area contributed by atoms with Crippen LogP contribution in [0.15, 0.2) is 45.6 Å². The Hall–Kier alpha value is -1.000. The van der Waals surface area contributed by atoms with Crippen molar-refractivity contribution in [3.05, 3.63) is 41.4 Å². The van der Waals surface area contributed by atoms with Crippen molar-refractivity contribution in [2.45, 2.75) is 24.8 Å².